The molecule has 3 N–H and O–H groups in total. The summed E-state index contributed by atoms with van der Waals surface area (Å²) in [7, 11) is 0. The van der Waals surface area contributed by atoms with Crippen LogP contribution in [0, 0.1) is 5.92 Å². The third-order valence-corrected chi connectivity index (χ3v) is 3.26. The molecule has 1 aromatic rings. The molecule has 1 heterocycles. The molecule has 1 aromatic carbocycles. The maximum atomic E-state index is 12.3. The Hall–Kier alpha value is -2.70. The number of urea groups is 1. The standard InChI is InChI=1S/C14H15N3O4/c1-2-3-10-12(19)16-14(21)17(13(10)20)9-6-4-8(5-7-9)11(15)18/h4-7,10H,2-3H2,1H3,(H2,15,18)(H,16,19,21). The van der Waals surface area contributed by atoms with Crippen molar-refractivity contribution in [2.75, 3.05) is 4.90 Å². The summed E-state index contributed by atoms with van der Waals surface area (Å²) in [6, 6.07) is 4.93. The highest BCUT2D eigenvalue weighted by atomic mass is 16.2. The fourth-order valence-corrected chi connectivity index (χ4v) is 2.18. The number of nitrogens with one attached hydrogen (secondary N) is 1. The second kappa shape index (κ2) is 5.74. The number of nitrogens with zero attached hydrogens (tertiary/aromatic N) is 1. The lowest BCUT2D eigenvalue weighted by atomic mass is 9.99. The van der Waals surface area contributed by atoms with Crippen LogP contribution in [0.15, 0.2) is 24.3 Å². The molecule has 7 heteroatoms. The number of barbiturate groups is 1. The molecule has 0 aromatic heterocycles. The van der Waals surface area contributed by atoms with E-state index in [2.05, 4.69) is 5.32 Å². The normalized spacial score (nSPS) is 18.6. The van der Waals surface area contributed by atoms with Crippen molar-refractivity contribution in [3.8, 4) is 0 Å². The summed E-state index contributed by atoms with van der Waals surface area (Å²) in [6.45, 7) is 1.85. The van der Waals surface area contributed by atoms with Gasteiger partial charge in [0, 0.05) is 5.56 Å². The Kier molecular flexibility index (Phi) is 4.02. The van der Waals surface area contributed by atoms with Crippen LogP contribution in [-0.4, -0.2) is 23.8 Å². The molecule has 0 saturated carbocycles. The Morgan fingerprint density at radius 1 is 1.24 bits per heavy atom. The lowest BCUT2D eigenvalue weighted by Gasteiger charge is -2.30. The topological polar surface area (TPSA) is 110 Å². The van der Waals surface area contributed by atoms with Crippen molar-refractivity contribution >= 4 is 29.4 Å². The van der Waals surface area contributed by atoms with E-state index < -0.39 is 29.7 Å². The van der Waals surface area contributed by atoms with Crippen molar-refractivity contribution in [3.05, 3.63) is 29.8 Å². The van der Waals surface area contributed by atoms with Crippen LogP contribution in [0.1, 0.15) is 30.1 Å². The van der Waals surface area contributed by atoms with Crippen molar-refractivity contribution in [2.24, 2.45) is 11.7 Å². The van der Waals surface area contributed by atoms with E-state index in [0.717, 1.165) is 4.90 Å². The molecule has 21 heavy (non-hydrogen) atoms. The smallest absolute Gasteiger partial charge is 0.335 e. The number of amides is 5. The maximum Gasteiger partial charge on any atom is 0.335 e. The summed E-state index contributed by atoms with van der Waals surface area (Å²) in [5.41, 5.74) is 5.69. The van der Waals surface area contributed by atoms with E-state index in [-0.39, 0.29) is 11.3 Å². The van der Waals surface area contributed by atoms with E-state index >= 15 is 0 Å². The minimum atomic E-state index is -0.872. The molecule has 110 valence electrons. The fourth-order valence-electron chi connectivity index (χ4n) is 2.18. The number of anilines is 1. The molecular formula is C14H15N3O4. The van der Waals surface area contributed by atoms with Crippen LogP contribution in [0.25, 0.3) is 0 Å². The Labute approximate surface area is 121 Å². The molecule has 0 aliphatic carbocycles. The van der Waals surface area contributed by atoms with Gasteiger partial charge in [0.05, 0.1) is 5.69 Å². The predicted molar refractivity (Wildman–Crippen MR) is 74.4 cm³/mol. The summed E-state index contributed by atoms with van der Waals surface area (Å²) in [5.74, 6) is -2.60. The SMILES string of the molecule is CCCC1C(=O)NC(=O)N(c2ccc(C(N)=O)cc2)C1=O. The lowest BCUT2D eigenvalue weighted by Crippen LogP contribution is -2.58. The molecule has 5 amide bonds. The van der Waals surface area contributed by atoms with E-state index in [1.54, 1.807) is 0 Å². The summed E-state index contributed by atoms with van der Waals surface area (Å²) in [4.78, 5) is 47.8. The number of hydrogen-bond acceptors (Lipinski definition) is 4. The third kappa shape index (κ3) is 2.76. The highest BCUT2D eigenvalue weighted by Crippen LogP contribution is 2.23. The second-order valence-electron chi connectivity index (χ2n) is 4.72. The first-order valence-corrected chi connectivity index (χ1v) is 6.54. The van der Waals surface area contributed by atoms with Crippen molar-refractivity contribution in [1.29, 1.82) is 0 Å². The van der Waals surface area contributed by atoms with Gasteiger partial charge in [-0.1, -0.05) is 13.3 Å². The van der Waals surface area contributed by atoms with E-state index in [4.69, 9.17) is 5.73 Å². The summed E-state index contributed by atoms with van der Waals surface area (Å²) < 4.78 is 0. The molecule has 1 unspecified atom stereocenters. The first kappa shape index (κ1) is 14.7. The molecule has 7 nitrogen and oxygen atoms in total. The number of carbonyl (C=O) groups excluding carboxylic acids is 4. The van der Waals surface area contributed by atoms with Crippen LogP contribution in [0.4, 0.5) is 10.5 Å². The molecule has 1 fully saturated rings. The number of imide groups is 2. The van der Waals surface area contributed by atoms with Crippen molar-refractivity contribution in [2.45, 2.75) is 19.8 Å². The van der Waals surface area contributed by atoms with Gasteiger partial charge in [-0.25, -0.2) is 9.69 Å². The Balaban J connectivity index is 2.32. The van der Waals surface area contributed by atoms with Crippen LogP contribution < -0.4 is 16.0 Å². The molecule has 2 rings (SSSR count). The van der Waals surface area contributed by atoms with Crippen LogP contribution in [0.2, 0.25) is 0 Å². The molecule has 1 saturated heterocycles. The highest BCUT2D eigenvalue weighted by Gasteiger charge is 2.40. The van der Waals surface area contributed by atoms with Crippen LogP contribution in [0.5, 0.6) is 0 Å². The van der Waals surface area contributed by atoms with Gasteiger partial charge in [-0.2, -0.15) is 0 Å². The molecule has 1 atom stereocenters. The Morgan fingerprint density at radius 2 is 1.86 bits per heavy atom. The van der Waals surface area contributed by atoms with Gasteiger partial charge in [0.1, 0.15) is 5.92 Å². The zero-order chi connectivity index (χ0) is 15.6. The van der Waals surface area contributed by atoms with Gasteiger partial charge >= 0.3 is 6.03 Å². The summed E-state index contributed by atoms with van der Waals surface area (Å²) >= 11 is 0. The number of hydrogen-bond donors (Lipinski definition) is 2. The monoisotopic (exact) mass is 289 g/mol. The Bertz CT molecular complexity index is 609. The Morgan fingerprint density at radius 3 is 2.38 bits per heavy atom. The van der Waals surface area contributed by atoms with Gasteiger partial charge in [0.25, 0.3) is 0 Å². The molecule has 1 aliphatic rings. The third-order valence-electron chi connectivity index (χ3n) is 3.26. The first-order chi connectivity index (χ1) is 9.95. The molecule has 0 radical (unpaired) electrons. The van der Waals surface area contributed by atoms with E-state index in [0.29, 0.717) is 12.8 Å². The molecular weight excluding hydrogens is 274 g/mol. The number of primary amides is 1. The van der Waals surface area contributed by atoms with Gasteiger partial charge in [-0.3, -0.25) is 19.7 Å². The number of rotatable bonds is 4. The molecule has 0 bridgehead atoms. The van der Waals surface area contributed by atoms with Crippen molar-refractivity contribution in [1.82, 2.24) is 5.32 Å². The number of benzene rings is 1. The van der Waals surface area contributed by atoms with E-state index in [1.807, 2.05) is 6.92 Å². The lowest BCUT2D eigenvalue weighted by molar-refractivity contribution is -0.134. The van der Waals surface area contributed by atoms with Crippen molar-refractivity contribution < 1.29 is 19.2 Å². The largest absolute Gasteiger partial charge is 0.366 e. The van der Waals surface area contributed by atoms with Gasteiger partial charge in [0.15, 0.2) is 0 Å². The fraction of sp³-hybridized carbons (Fsp3) is 0.286. The van der Waals surface area contributed by atoms with Gasteiger partial charge in [-0.05, 0) is 30.7 Å². The summed E-state index contributed by atoms with van der Waals surface area (Å²) in [5, 5.41) is 2.17. The van der Waals surface area contributed by atoms with E-state index in [1.165, 1.54) is 24.3 Å². The second-order valence-corrected chi connectivity index (χ2v) is 4.72. The molecule has 1 aliphatic heterocycles. The quantitative estimate of drug-likeness (QED) is 0.798. The average molecular weight is 289 g/mol. The zero-order valence-electron chi connectivity index (χ0n) is 11.5. The average Bonchev–Trinajstić information content (AvgIpc) is 2.44. The minimum Gasteiger partial charge on any atom is -0.366 e. The number of nitrogens with two attached hydrogens (primary N) is 1. The van der Waals surface area contributed by atoms with Gasteiger partial charge in [0.2, 0.25) is 17.7 Å². The minimum absolute atomic E-state index is 0.268. The van der Waals surface area contributed by atoms with Crippen LogP contribution >= 0.6 is 0 Å². The van der Waals surface area contributed by atoms with Gasteiger partial charge < -0.3 is 5.73 Å². The van der Waals surface area contributed by atoms with E-state index in [9.17, 15) is 19.2 Å². The predicted octanol–water partition coefficient (Wildman–Crippen LogP) is 0.785. The van der Waals surface area contributed by atoms with Gasteiger partial charge in [-0.15, -0.1) is 0 Å². The number of carbonyl (C=O) groups is 4. The van der Waals surface area contributed by atoms with Crippen molar-refractivity contribution in [3.63, 3.8) is 0 Å². The molecule has 0 spiro atoms. The maximum absolute atomic E-state index is 12.3. The first-order valence-electron chi connectivity index (χ1n) is 6.54. The summed E-state index contributed by atoms with van der Waals surface area (Å²) in [6.07, 6.45) is 1.01. The zero-order valence-corrected chi connectivity index (χ0v) is 11.5. The van der Waals surface area contributed by atoms with Crippen LogP contribution in [-0.2, 0) is 9.59 Å². The highest BCUT2D eigenvalue weighted by molar-refractivity contribution is 6.27. The van der Waals surface area contributed by atoms with Crippen LogP contribution in [0.3, 0.4) is 0 Å².